The van der Waals surface area contributed by atoms with Gasteiger partial charge in [-0.25, -0.2) is 8.42 Å². The first-order valence-corrected chi connectivity index (χ1v) is 8.74. The predicted octanol–water partition coefficient (Wildman–Crippen LogP) is 1.70. The monoisotopic (exact) mass is 307 g/mol. The molecule has 1 aromatic carbocycles. The Labute approximate surface area is 123 Å². The fraction of sp³-hybridized carbons (Fsp3) is 0.429. The third kappa shape index (κ3) is 3.14. The molecule has 0 N–H and O–H groups in total. The van der Waals surface area contributed by atoms with Gasteiger partial charge in [0, 0.05) is 24.6 Å². The van der Waals surface area contributed by atoms with E-state index in [0.717, 1.165) is 18.4 Å². The minimum atomic E-state index is -3.17. The maximum Gasteiger partial charge on any atom is 0.257 e. The first-order valence-electron chi connectivity index (χ1n) is 6.89. The molecule has 0 saturated carbocycles. The van der Waals surface area contributed by atoms with Crippen LogP contribution in [-0.4, -0.2) is 41.7 Å². The molecule has 2 heterocycles. The fourth-order valence-corrected chi connectivity index (χ4v) is 3.88. The van der Waals surface area contributed by atoms with Crippen LogP contribution in [0.4, 0.5) is 0 Å². The second kappa shape index (κ2) is 5.57. The highest BCUT2D eigenvalue weighted by molar-refractivity contribution is 7.88. The molecular formula is C14H17N3O3S. The third-order valence-corrected chi connectivity index (χ3v) is 4.99. The van der Waals surface area contributed by atoms with Gasteiger partial charge >= 0.3 is 0 Å². The van der Waals surface area contributed by atoms with E-state index in [4.69, 9.17) is 4.52 Å². The second-order valence-electron chi connectivity index (χ2n) is 5.26. The van der Waals surface area contributed by atoms with Crippen LogP contribution in [0.5, 0.6) is 0 Å². The molecule has 6 nitrogen and oxygen atoms in total. The van der Waals surface area contributed by atoms with Crippen LogP contribution in [0.15, 0.2) is 34.9 Å². The molecule has 21 heavy (non-hydrogen) atoms. The average molecular weight is 307 g/mol. The Kier molecular flexibility index (Phi) is 3.77. The zero-order valence-electron chi connectivity index (χ0n) is 11.8. The van der Waals surface area contributed by atoms with Crippen molar-refractivity contribution in [2.24, 2.45) is 0 Å². The summed E-state index contributed by atoms with van der Waals surface area (Å²) in [6.07, 6.45) is 3.45. The summed E-state index contributed by atoms with van der Waals surface area (Å²) >= 11 is 0. The van der Waals surface area contributed by atoms with Gasteiger partial charge in [0.1, 0.15) is 0 Å². The van der Waals surface area contributed by atoms with E-state index in [9.17, 15) is 8.42 Å². The van der Waals surface area contributed by atoms with Gasteiger partial charge in [0.2, 0.25) is 10.0 Å². The highest BCUT2D eigenvalue weighted by Crippen LogP contribution is 2.24. The lowest BCUT2D eigenvalue weighted by molar-refractivity contribution is 0.372. The maximum atomic E-state index is 11.7. The summed E-state index contributed by atoms with van der Waals surface area (Å²) in [7, 11) is -3.17. The van der Waals surface area contributed by atoms with Gasteiger partial charge in [0.15, 0.2) is 5.82 Å². The van der Waals surface area contributed by atoms with E-state index in [1.165, 1.54) is 10.6 Å². The summed E-state index contributed by atoms with van der Waals surface area (Å²) in [5, 5.41) is 3.96. The number of sulfonamides is 1. The molecule has 1 aliphatic heterocycles. The third-order valence-electron chi connectivity index (χ3n) is 3.66. The van der Waals surface area contributed by atoms with E-state index in [0.29, 0.717) is 24.7 Å². The van der Waals surface area contributed by atoms with E-state index in [2.05, 4.69) is 10.1 Å². The van der Waals surface area contributed by atoms with Gasteiger partial charge in [-0.05, 0) is 25.0 Å². The first kappa shape index (κ1) is 14.2. The average Bonchev–Trinajstić information content (AvgIpc) is 3.09. The SMILES string of the molecule is CS(=O)(=O)N1CCCC1Cc1noc(-c2ccccc2)n1. The Bertz CT molecular complexity index is 712. The highest BCUT2D eigenvalue weighted by atomic mass is 32.2. The van der Waals surface area contributed by atoms with Crippen LogP contribution in [0.2, 0.25) is 0 Å². The fourth-order valence-electron chi connectivity index (χ4n) is 2.70. The molecule has 0 radical (unpaired) electrons. The molecular weight excluding hydrogens is 290 g/mol. The number of benzene rings is 1. The normalized spacial score (nSPS) is 20.0. The zero-order valence-corrected chi connectivity index (χ0v) is 12.6. The van der Waals surface area contributed by atoms with Gasteiger partial charge in [-0.3, -0.25) is 0 Å². The van der Waals surface area contributed by atoms with Gasteiger partial charge in [-0.1, -0.05) is 23.4 Å². The summed E-state index contributed by atoms with van der Waals surface area (Å²) in [5.41, 5.74) is 0.864. The molecule has 1 aliphatic rings. The lowest BCUT2D eigenvalue weighted by atomic mass is 10.1. The number of aromatic nitrogens is 2. The molecule has 1 atom stereocenters. The smallest absolute Gasteiger partial charge is 0.257 e. The Balaban J connectivity index is 1.76. The summed E-state index contributed by atoms with van der Waals surface area (Å²) in [4.78, 5) is 4.36. The summed E-state index contributed by atoms with van der Waals surface area (Å²) in [5.74, 6) is 1.02. The van der Waals surface area contributed by atoms with Crippen molar-refractivity contribution >= 4 is 10.0 Å². The van der Waals surface area contributed by atoms with Crippen LogP contribution in [0.25, 0.3) is 11.5 Å². The molecule has 1 fully saturated rings. The number of hydrogen-bond donors (Lipinski definition) is 0. The predicted molar refractivity (Wildman–Crippen MR) is 78.0 cm³/mol. The topological polar surface area (TPSA) is 76.3 Å². The van der Waals surface area contributed by atoms with Crippen molar-refractivity contribution in [2.75, 3.05) is 12.8 Å². The Hall–Kier alpha value is -1.73. The molecule has 1 unspecified atom stereocenters. The van der Waals surface area contributed by atoms with Crippen molar-refractivity contribution in [3.63, 3.8) is 0 Å². The lowest BCUT2D eigenvalue weighted by Crippen LogP contribution is -2.36. The van der Waals surface area contributed by atoms with Crippen molar-refractivity contribution in [2.45, 2.75) is 25.3 Å². The minimum Gasteiger partial charge on any atom is -0.334 e. The Morgan fingerprint density at radius 2 is 2.10 bits per heavy atom. The molecule has 0 spiro atoms. The molecule has 3 rings (SSSR count). The largest absolute Gasteiger partial charge is 0.334 e. The zero-order chi connectivity index (χ0) is 14.9. The summed E-state index contributed by atoms with van der Waals surface area (Å²) in [6, 6.07) is 9.46. The quantitative estimate of drug-likeness (QED) is 0.859. The van der Waals surface area contributed by atoms with Crippen LogP contribution in [0.1, 0.15) is 18.7 Å². The van der Waals surface area contributed by atoms with Crippen LogP contribution >= 0.6 is 0 Å². The van der Waals surface area contributed by atoms with E-state index in [-0.39, 0.29) is 6.04 Å². The molecule has 2 aromatic rings. The number of rotatable bonds is 4. The Morgan fingerprint density at radius 1 is 1.33 bits per heavy atom. The van der Waals surface area contributed by atoms with Crippen LogP contribution in [0, 0.1) is 0 Å². The van der Waals surface area contributed by atoms with Crippen molar-refractivity contribution in [1.82, 2.24) is 14.4 Å². The van der Waals surface area contributed by atoms with Crippen molar-refractivity contribution < 1.29 is 12.9 Å². The highest BCUT2D eigenvalue weighted by Gasteiger charge is 2.32. The summed E-state index contributed by atoms with van der Waals surface area (Å²) < 4.78 is 30.2. The van der Waals surface area contributed by atoms with Gasteiger partial charge < -0.3 is 4.52 Å². The van der Waals surface area contributed by atoms with Gasteiger partial charge in [-0.2, -0.15) is 9.29 Å². The number of nitrogens with zero attached hydrogens (tertiary/aromatic N) is 3. The molecule has 7 heteroatoms. The summed E-state index contributed by atoms with van der Waals surface area (Å²) in [6.45, 7) is 0.576. The molecule has 0 amide bonds. The van der Waals surface area contributed by atoms with Crippen molar-refractivity contribution in [1.29, 1.82) is 0 Å². The van der Waals surface area contributed by atoms with Gasteiger partial charge in [0.25, 0.3) is 5.89 Å². The lowest BCUT2D eigenvalue weighted by Gasteiger charge is -2.20. The van der Waals surface area contributed by atoms with Crippen LogP contribution < -0.4 is 0 Å². The van der Waals surface area contributed by atoms with Crippen molar-refractivity contribution in [3.05, 3.63) is 36.2 Å². The molecule has 0 bridgehead atoms. The van der Waals surface area contributed by atoms with E-state index >= 15 is 0 Å². The number of hydrogen-bond acceptors (Lipinski definition) is 5. The minimum absolute atomic E-state index is 0.0683. The molecule has 1 aromatic heterocycles. The molecule has 1 saturated heterocycles. The standard InChI is InChI=1S/C14H17N3O3S/c1-21(18,19)17-9-5-8-12(17)10-13-15-14(20-16-13)11-6-3-2-4-7-11/h2-4,6-7,12H,5,8-10H2,1H3. The van der Waals surface area contributed by atoms with Gasteiger partial charge in [0.05, 0.1) is 6.26 Å². The second-order valence-corrected chi connectivity index (χ2v) is 7.19. The maximum absolute atomic E-state index is 11.7. The Morgan fingerprint density at radius 3 is 2.81 bits per heavy atom. The first-order chi connectivity index (χ1) is 10.0. The van der Waals surface area contributed by atoms with E-state index in [1.54, 1.807) is 0 Å². The van der Waals surface area contributed by atoms with E-state index in [1.807, 2.05) is 30.3 Å². The van der Waals surface area contributed by atoms with Gasteiger partial charge in [-0.15, -0.1) is 0 Å². The molecule has 0 aliphatic carbocycles. The van der Waals surface area contributed by atoms with Crippen LogP contribution in [0.3, 0.4) is 0 Å². The van der Waals surface area contributed by atoms with Crippen LogP contribution in [-0.2, 0) is 16.4 Å². The van der Waals surface area contributed by atoms with E-state index < -0.39 is 10.0 Å². The molecule has 112 valence electrons. The van der Waals surface area contributed by atoms with Crippen molar-refractivity contribution in [3.8, 4) is 11.5 Å².